The minimum atomic E-state index is -0.129. The van der Waals surface area contributed by atoms with E-state index in [4.69, 9.17) is 4.42 Å². The van der Waals surface area contributed by atoms with Gasteiger partial charge in [-0.2, -0.15) is 0 Å². The van der Waals surface area contributed by atoms with E-state index in [-0.39, 0.29) is 11.7 Å². The molecule has 1 amide bonds. The second-order valence-corrected chi connectivity index (χ2v) is 7.50. The zero-order valence-corrected chi connectivity index (χ0v) is 16.7. The highest BCUT2D eigenvalue weighted by molar-refractivity contribution is 9.10. The van der Waals surface area contributed by atoms with E-state index in [2.05, 4.69) is 31.4 Å². The van der Waals surface area contributed by atoms with E-state index >= 15 is 0 Å². The van der Waals surface area contributed by atoms with Crippen LogP contribution in [0.1, 0.15) is 0 Å². The molecule has 0 aliphatic carbocycles. The SMILES string of the molecule is CN(C)c1ccc(NC(=O)CSc2nnc(-c3ccc(Br)cc3)o2)cc1. The van der Waals surface area contributed by atoms with E-state index in [9.17, 15) is 4.79 Å². The van der Waals surface area contributed by atoms with Crippen LogP contribution in [0.4, 0.5) is 11.4 Å². The Morgan fingerprint density at radius 2 is 1.81 bits per heavy atom. The first kappa shape index (κ1) is 18.5. The van der Waals surface area contributed by atoms with E-state index < -0.39 is 0 Å². The predicted molar refractivity (Wildman–Crippen MR) is 108 cm³/mol. The van der Waals surface area contributed by atoms with Crippen LogP contribution in [0, 0.1) is 0 Å². The van der Waals surface area contributed by atoms with Crippen LogP contribution in [-0.4, -0.2) is 36.0 Å². The standard InChI is InChI=1S/C18H17BrN4O2S/c1-23(2)15-9-7-14(8-10-15)20-16(24)11-26-18-22-21-17(25-18)12-3-5-13(19)6-4-12/h3-10H,11H2,1-2H3,(H,20,24). The van der Waals surface area contributed by atoms with Crippen molar-refractivity contribution in [3.8, 4) is 11.5 Å². The third kappa shape index (κ3) is 4.86. The minimum Gasteiger partial charge on any atom is -0.411 e. The zero-order valence-electron chi connectivity index (χ0n) is 14.3. The fraction of sp³-hybridized carbons (Fsp3) is 0.167. The van der Waals surface area contributed by atoms with E-state index in [0.717, 1.165) is 21.4 Å². The van der Waals surface area contributed by atoms with Crippen molar-refractivity contribution in [3.05, 3.63) is 53.0 Å². The monoisotopic (exact) mass is 432 g/mol. The number of benzene rings is 2. The van der Waals surface area contributed by atoms with Gasteiger partial charge in [0.2, 0.25) is 11.8 Å². The van der Waals surface area contributed by atoms with Gasteiger partial charge in [-0.3, -0.25) is 4.79 Å². The van der Waals surface area contributed by atoms with Gasteiger partial charge in [-0.1, -0.05) is 27.7 Å². The molecule has 0 spiro atoms. The average Bonchev–Trinajstić information content (AvgIpc) is 3.10. The highest BCUT2D eigenvalue weighted by atomic mass is 79.9. The van der Waals surface area contributed by atoms with Crippen LogP contribution in [-0.2, 0) is 4.79 Å². The Balaban J connectivity index is 1.54. The molecule has 0 saturated carbocycles. The Morgan fingerprint density at radius 1 is 1.12 bits per heavy atom. The fourth-order valence-electron chi connectivity index (χ4n) is 2.14. The Labute approximate surface area is 164 Å². The summed E-state index contributed by atoms with van der Waals surface area (Å²) in [5.74, 6) is 0.493. The summed E-state index contributed by atoms with van der Waals surface area (Å²) in [7, 11) is 3.94. The number of carbonyl (C=O) groups excluding carboxylic acids is 1. The lowest BCUT2D eigenvalue weighted by molar-refractivity contribution is -0.113. The van der Waals surface area contributed by atoms with Gasteiger partial charge in [0.15, 0.2) is 0 Å². The Hall–Kier alpha value is -2.32. The maximum Gasteiger partial charge on any atom is 0.277 e. The van der Waals surface area contributed by atoms with Crippen molar-refractivity contribution in [2.45, 2.75) is 5.22 Å². The molecule has 26 heavy (non-hydrogen) atoms. The van der Waals surface area contributed by atoms with E-state index in [1.807, 2.05) is 67.5 Å². The van der Waals surface area contributed by atoms with Gasteiger partial charge in [0.1, 0.15) is 0 Å². The van der Waals surface area contributed by atoms with E-state index in [1.165, 1.54) is 11.8 Å². The van der Waals surface area contributed by atoms with Gasteiger partial charge in [0.25, 0.3) is 5.22 Å². The van der Waals surface area contributed by atoms with Crippen molar-refractivity contribution in [1.82, 2.24) is 10.2 Å². The molecular weight excluding hydrogens is 416 g/mol. The lowest BCUT2D eigenvalue weighted by atomic mass is 10.2. The third-order valence-electron chi connectivity index (χ3n) is 3.49. The summed E-state index contributed by atoms with van der Waals surface area (Å²) in [5, 5.41) is 11.2. The maximum absolute atomic E-state index is 12.1. The Morgan fingerprint density at radius 3 is 2.46 bits per heavy atom. The number of hydrogen-bond donors (Lipinski definition) is 1. The van der Waals surface area contributed by atoms with Crippen LogP contribution in [0.2, 0.25) is 0 Å². The predicted octanol–water partition coefficient (Wildman–Crippen LogP) is 4.30. The molecule has 0 aliphatic rings. The lowest BCUT2D eigenvalue weighted by Gasteiger charge is -2.12. The zero-order chi connectivity index (χ0) is 18.5. The molecule has 6 nitrogen and oxygen atoms in total. The number of rotatable bonds is 6. The molecule has 2 aromatic carbocycles. The van der Waals surface area contributed by atoms with E-state index in [0.29, 0.717) is 11.1 Å². The molecule has 3 aromatic rings. The Bertz CT molecular complexity index is 879. The van der Waals surface area contributed by atoms with Gasteiger partial charge in [-0.25, -0.2) is 0 Å². The molecule has 1 heterocycles. The van der Waals surface area contributed by atoms with Gasteiger partial charge < -0.3 is 14.6 Å². The number of thioether (sulfide) groups is 1. The van der Waals surface area contributed by atoms with Crippen LogP contribution < -0.4 is 10.2 Å². The number of hydrogen-bond acceptors (Lipinski definition) is 6. The number of nitrogens with zero attached hydrogens (tertiary/aromatic N) is 3. The number of halogens is 1. The molecule has 8 heteroatoms. The maximum atomic E-state index is 12.1. The highest BCUT2D eigenvalue weighted by Gasteiger charge is 2.11. The highest BCUT2D eigenvalue weighted by Crippen LogP contribution is 2.24. The second kappa shape index (κ2) is 8.37. The summed E-state index contributed by atoms with van der Waals surface area (Å²) in [6.45, 7) is 0. The number of aromatic nitrogens is 2. The van der Waals surface area contributed by atoms with Crippen molar-refractivity contribution in [2.75, 3.05) is 30.1 Å². The number of nitrogens with one attached hydrogen (secondary N) is 1. The van der Waals surface area contributed by atoms with Crippen LogP contribution >= 0.6 is 27.7 Å². The van der Waals surface area contributed by atoms with E-state index in [1.54, 1.807) is 0 Å². The average molecular weight is 433 g/mol. The molecule has 3 rings (SSSR count). The topological polar surface area (TPSA) is 71.3 Å². The summed E-state index contributed by atoms with van der Waals surface area (Å²) in [6, 6.07) is 15.2. The van der Waals surface area contributed by atoms with Gasteiger partial charge in [0, 0.05) is 35.5 Å². The normalized spacial score (nSPS) is 10.6. The summed E-state index contributed by atoms with van der Waals surface area (Å²) in [6.07, 6.45) is 0. The van der Waals surface area contributed by atoms with Crippen molar-refractivity contribution in [1.29, 1.82) is 0 Å². The first-order valence-electron chi connectivity index (χ1n) is 7.81. The van der Waals surface area contributed by atoms with Crippen LogP contribution in [0.25, 0.3) is 11.5 Å². The lowest BCUT2D eigenvalue weighted by Crippen LogP contribution is -2.14. The van der Waals surface area contributed by atoms with Crippen molar-refractivity contribution >= 4 is 45.0 Å². The molecule has 0 radical (unpaired) electrons. The van der Waals surface area contributed by atoms with Crippen molar-refractivity contribution < 1.29 is 9.21 Å². The van der Waals surface area contributed by atoms with Gasteiger partial charge in [-0.15, -0.1) is 10.2 Å². The van der Waals surface area contributed by atoms with Gasteiger partial charge >= 0.3 is 0 Å². The Kier molecular flexibility index (Phi) is 5.95. The summed E-state index contributed by atoms with van der Waals surface area (Å²) in [5.41, 5.74) is 2.66. The first-order valence-corrected chi connectivity index (χ1v) is 9.58. The van der Waals surface area contributed by atoms with Gasteiger partial charge in [0.05, 0.1) is 5.75 Å². The van der Waals surface area contributed by atoms with Crippen LogP contribution in [0.3, 0.4) is 0 Å². The van der Waals surface area contributed by atoms with Crippen LogP contribution in [0.15, 0.2) is 62.6 Å². The molecule has 134 valence electrons. The molecule has 0 bridgehead atoms. The second-order valence-electron chi connectivity index (χ2n) is 5.66. The number of amides is 1. The summed E-state index contributed by atoms with van der Waals surface area (Å²) < 4.78 is 6.57. The molecule has 0 aliphatic heterocycles. The number of anilines is 2. The van der Waals surface area contributed by atoms with Crippen LogP contribution in [0.5, 0.6) is 0 Å². The molecule has 0 unspecified atom stereocenters. The smallest absolute Gasteiger partial charge is 0.277 e. The van der Waals surface area contributed by atoms with Gasteiger partial charge in [-0.05, 0) is 48.5 Å². The molecule has 0 saturated heterocycles. The quantitative estimate of drug-likeness (QED) is 0.585. The van der Waals surface area contributed by atoms with Crippen molar-refractivity contribution in [3.63, 3.8) is 0 Å². The minimum absolute atomic E-state index is 0.129. The largest absolute Gasteiger partial charge is 0.411 e. The number of carbonyl (C=O) groups is 1. The fourth-order valence-corrected chi connectivity index (χ4v) is 2.97. The molecule has 1 aromatic heterocycles. The summed E-state index contributed by atoms with van der Waals surface area (Å²) in [4.78, 5) is 14.1. The molecule has 0 fully saturated rings. The molecule has 0 atom stereocenters. The molecule has 1 N–H and O–H groups in total. The molecular formula is C18H17BrN4O2S. The van der Waals surface area contributed by atoms with Crippen molar-refractivity contribution in [2.24, 2.45) is 0 Å². The third-order valence-corrected chi connectivity index (χ3v) is 4.84. The summed E-state index contributed by atoms with van der Waals surface area (Å²) >= 11 is 4.59. The first-order chi connectivity index (χ1) is 12.5.